The van der Waals surface area contributed by atoms with Gasteiger partial charge in [0, 0.05) is 24.4 Å². The maximum Gasteiger partial charge on any atom is 0.0982 e. The Kier molecular flexibility index (Phi) is 8.40. The molecular formula is C41H46N2OS3. The number of para-hydroxylation sites is 2. The van der Waals surface area contributed by atoms with Crippen LogP contribution in [0.2, 0.25) is 0 Å². The van der Waals surface area contributed by atoms with E-state index in [1.807, 2.05) is 22.7 Å². The van der Waals surface area contributed by atoms with Crippen LogP contribution in [-0.2, 0) is 16.6 Å². The minimum Gasteiger partial charge on any atom is -0.372 e. The monoisotopic (exact) mass is 678 g/mol. The summed E-state index contributed by atoms with van der Waals surface area (Å²) >= 11 is 3.68. The van der Waals surface area contributed by atoms with Gasteiger partial charge in [-0.2, -0.15) is 0 Å². The standard InChI is InChI=1S/C41H46N2OS3/c1-39(2,3)47(7,40(4,5)6)27-44-25-24-32(38-43-34-21-13-15-23-36(34)46-38)41(26-37-42-33-20-12-14-22-35(33)45-37)30-18-10-8-16-28(30)29-17-9-11-19-31(29)41/h8-23,32H,24-27H2,1-7H3. The molecular weight excluding hydrogens is 633 g/mol. The van der Waals surface area contributed by atoms with Crippen molar-refractivity contribution >= 4 is 53.1 Å². The molecule has 0 radical (unpaired) electrons. The van der Waals surface area contributed by atoms with E-state index in [1.54, 1.807) is 0 Å². The van der Waals surface area contributed by atoms with Crippen molar-refractivity contribution in [2.75, 3.05) is 18.8 Å². The molecule has 6 aromatic rings. The highest BCUT2D eigenvalue weighted by molar-refractivity contribution is 8.35. The third kappa shape index (κ3) is 5.55. The Bertz CT molecular complexity index is 1920. The van der Waals surface area contributed by atoms with E-state index < -0.39 is 10.0 Å². The lowest BCUT2D eigenvalue weighted by atomic mass is 9.65. The lowest BCUT2D eigenvalue weighted by Crippen LogP contribution is -2.40. The van der Waals surface area contributed by atoms with Crippen LogP contribution in [0.5, 0.6) is 0 Å². The summed E-state index contributed by atoms with van der Waals surface area (Å²) in [5, 5.41) is 2.35. The SMILES string of the molecule is CC(C)(C)S(C)(COCCC(c1nc2ccccc2s1)C1(Cc2nc3ccccc3s2)c2ccccc2-c2ccccc21)C(C)(C)C. The van der Waals surface area contributed by atoms with Crippen molar-refractivity contribution < 1.29 is 4.74 Å². The first-order chi connectivity index (χ1) is 22.4. The third-order valence-corrected chi connectivity index (χ3v) is 18.9. The number of thiazole rings is 2. The van der Waals surface area contributed by atoms with E-state index in [0.717, 1.165) is 29.8 Å². The zero-order valence-electron chi connectivity index (χ0n) is 28.7. The summed E-state index contributed by atoms with van der Waals surface area (Å²) in [5.74, 6) is 0.896. The van der Waals surface area contributed by atoms with Crippen molar-refractivity contribution in [3.63, 3.8) is 0 Å². The predicted molar refractivity (Wildman–Crippen MR) is 207 cm³/mol. The molecule has 1 aliphatic carbocycles. The molecule has 0 amide bonds. The molecule has 3 nitrogen and oxygen atoms in total. The topological polar surface area (TPSA) is 35.0 Å². The zero-order chi connectivity index (χ0) is 33.0. The average Bonchev–Trinajstić information content (AvgIpc) is 3.73. The molecule has 0 saturated carbocycles. The average molecular weight is 679 g/mol. The van der Waals surface area contributed by atoms with Gasteiger partial charge in [0.15, 0.2) is 0 Å². The summed E-state index contributed by atoms with van der Waals surface area (Å²) in [6.45, 7) is 15.0. The molecule has 0 N–H and O–H groups in total. The third-order valence-electron chi connectivity index (χ3n) is 10.7. The Hall–Kier alpha value is -3.03. The van der Waals surface area contributed by atoms with Crippen LogP contribution in [0.15, 0.2) is 97.1 Å². The highest BCUT2D eigenvalue weighted by Crippen LogP contribution is 2.65. The fourth-order valence-electron chi connectivity index (χ4n) is 7.60. The molecule has 2 aromatic heterocycles. The number of rotatable bonds is 9. The van der Waals surface area contributed by atoms with Gasteiger partial charge in [0.2, 0.25) is 0 Å². The second-order valence-corrected chi connectivity index (χ2v) is 22.1. The second kappa shape index (κ2) is 12.1. The van der Waals surface area contributed by atoms with Crippen molar-refractivity contribution in [3.05, 3.63) is 118 Å². The van der Waals surface area contributed by atoms with Crippen LogP contribution in [0.3, 0.4) is 0 Å². The molecule has 1 atom stereocenters. The molecule has 2 heterocycles. The molecule has 0 saturated heterocycles. The highest BCUT2D eigenvalue weighted by Gasteiger charge is 2.51. The minimum atomic E-state index is -1.09. The van der Waals surface area contributed by atoms with Crippen LogP contribution < -0.4 is 0 Å². The number of fused-ring (bicyclic) bond motifs is 5. The molecule has 244 valence electrons. The van der Waals surface area contributed by atoms with Gasteiger partial charge in [-0.3, -0.25) is 0 Å². The number of hydrogen-bond donors (Lipinski definition) is 0. The number of benzene rings is 4. The molecule has 0 aliphatic heterocycles. The first kappa shape index (κ1) is 32.5. The van der Waals surface area contributed by atoms with Gasteiger partial charge in [0.1, 0.15) is 0 Å². The summed E-state index contributed by atoms with van der Waals surface area (Å²) < 4.78 is 9.69. The van der Waals surface area contributed by atoms with Crippen molar-refractivity contribution in [1.29, 1.82) is 0 Å². The Balaban J connectivity index is 1.37. The molecule has 0 spiro atoms. The molecule has 47 heavy (non-hydrogen) atoms. The Labute approximate surface area is 289 Å². The largest absolute Gasteiger partial charge is 0.372 e. The van der Waals surface area contributed by atoms with E-state index in [1.165, 1.54) is 41.7 Å². The van der Waals surface area contributed by atoms with Crippen LogP contribution in [0.25, 0.3) is 31.6 Å². The van der Waals surface area contributed by atoms with E-state index in [0.29, 0.717) is 6.61 Å². The van der Waals surface area contributed by atoms with Crippen LogP contribution in [0, 0.1) is 0 Å². The smallest absolute Gasteiger partial charge is 0.0982 e. The Morgan fingerprint density at radius 3 is 1.74 bits per heavy atom. The number of ether oxygens (including phenoxy) is 1. The molecule has 4 aromatic carbocycles. The van der Waals surface area contributed by atoms with Gasteiger partial charge in [0.05, 0.1) is 36.4 Å². The van der Waals surface area contributed by atoms with Crippen LogP contribution in [0.1, 0.15) is 75.0 Å². The van der Waals surface area contributed by atoms with Crippen molar-refractivity contribution in [3.8, 4) is 11.1 Å². The normalized spacial score (nSPS) is 15.6. The maximum absolute atomic E-state index is 6.86. The summed E-state index contributed by atoms with van der Waals surface area (Å²) in [7, 11) is -1.09. The summed E-state index contributed by atoms with van der Waals surface area (Å²) in [6, 6.07) is 35.3. The van der Waals surface area contributed by atoms with E-state index in [-0.39, 0.29) is 20.8 Å². The molecule has 6 heteroatoms. The lowest BCUT2D eigenvalue weighted by molar-refractivity contribution is 0.159. The Morgan fingerprint density at radius 1 is 0.681 bits per heavy atom. The maximum atomic E-state index is 6.86. The number of nitrogens with zero attached hydrogens (tertiary/aromatic N) is 2. The van der Waals surface area contributed by atoms with Gasteiger partial charge < -0.3 is 4.74 Å². The van der Waals surface area contributed by atoms with Gasteiger partial charge in [0.25, 0.3) is 0 Å². The minimum absolute atomic E-state index is 0.0993. The molecule has 1 aliphatic rings. The van der Waals surface area contributed by atoms with Crippen LogP contribution >= 0.6 is 32.7 Å². The molecule has 0 bridgehead atoms. The zero-order valence-corrected chi connectivity index (χ0v) is 31.1. The van der Waals surface area contributed by atoms with Gasteiger partial charge in [-0.1, -0.05) is 114 Å². The Morgan fingerprint density at radius 2 is 1.19 bits per heavy atom. The number of aromatic nitrogens is 2. The second-order valence-electron chi connectivity index (χ2n) is 15.0. The van der Waals surface area contributed by atoms with Crippen molar-refractivity contribution in [2.24, 2.45) is 0 Å². The fourth-order valence-corrected chi connectivity index (χ4v) is 12.9. The molecule has 7 rings (SSSR count). The van der Waals surface area contributed by atoms with Gasteiger partial charge >= 0.3 is 0 Å². The van der Waals surface area contributed by atoms with E-state index in [4.69, 9.17) is 14.7 Å². The van der Waals surface area contributed by atoms with Gasteiger partial charge in [-0.15, -0.1) is 22.7 Å². The van der Waals surface area contributed by atoms with E-state index in [9.17, 15) is 0 Å². The molecule has 0 fully saturated rings. The number of hydrogen-bond acceptors (Lipinski definition) is 5. The fraction of sp³-hybridized carbons (Fsp3) is 0.366. The highest BCUT2D eigenvalue weighted by atomic mass is 32.3. The van der Waals surface area contributed by atoms with E-state index in [2.05, 4.69) is 145 Å². The van der Waals surface area contributed by atoms with E-state index >= 15 is 0 Å². The van der Waals surface area contributed by atoms with Crippen LogP contribution in [0.4, 0.5) is 0 Å². The van der Waals surface area contributed by atoms with Gasteiger partial charge in [-0.25, -0.2) is 20.0 Å². The van der Waals surface area contributed by atoms with Crippen LogP contribution in [-0.4, -0.2) is 38.3 Å². The summed E-state index contributed by atoms with van der Waals surface area (Å²) in [4.78, 5) is 10.6. The first-order valence-electron chi connectivity index (χ1n) is 16.6. The first-order valence-corrected chi connectivity index (χ1v) is 20.5. The predicted octanol–water partition coefficient (Wildman–Crippen LogP) is 11.6. The van der Waals surface area contributed by atoms with Gasteiger partial charge in [-0.05, 0) is 68.7 Å². The lowest BCUT2D eigenvalue weighted by Gasteiger charge is -2.56. The van der Waals surface area contributed by atoms with Crippen molar-refractivity contribution in [1.82, 2.24) is 9.97 Å². The van der Waals surface area contributed by atoms with Crippen molar-refractivity contribution in [2.45, 2.75) is 75.2 Å². The summed E-state index contributed by atoms with van der Waals surface area (Å²) in [5.41, 5.74) is 7.22. The molecule has 1 unspecified atom stereocenters. The quantitative estimate of drug-likeness (QED) is 0.143. The summed E-state index contributed by atoms with van der Waals surface area (Å²) in [6.07, 6.45) is 4.17.